The molecule has 1 amide bonds. The molecule has 4 nitrogen and oxygen atoms in total. The van der Waals surface area contributed by atoms with E-state index >= 15 is 0 Å². The normalized spacial score (nSPS) is 10.3. The van der Waals surface area contributed by atoms with Gasteiger partial charge in [0.1, 0.15) is 4.88 Å². The van der Waals surface area contributed by atoms with E-state index in [2.05, 4.69) is 10.3 Å². The molecule has 0 aromatic carbocycles. The fourth-order valence-corrected chi connectivity index (χ4v) is 1.75. The first-order valence-corrected chi connectivity index (χ1v) is 5.93. The van der Waals surface area contributed by atoms with Gasteiger partial charge < -0.3 is 10.1 Å². The Balaban J connectivity index is 2.19. The molecule has 0 aliphatic rings. The average Bonchev–Trinajstić information content (AvgIpc) is 2.64. The van der Waals surface area contributed by atoms with Gasteiger partial charge >= 0.3 is 0 Å². The van der Waals surface area contributed by atoms with Crippen LogP contribution in [0.1, 0.15) is 14.7 Å². The maximum atomic E-state index is 11.5. The fourth-order valence-electron chi connectivity index (χ4n) is 0.947. The van der Waals surface area contributed by atoms with E-state index in [1.807, 2.05) is 6.92 Å². The van der Waals surface area contributed by atoms with Gasteiger partial charge in [-0.3, -0.25) is 4.79 Å². The predicted octanol–water partition coefficient (Wildman–Crippen LogP) is 1.44. The molecular formula is C9H13ClN2O2S. The van der Waals surface area contributed by atoms with Crippen LogP contribution in [0.25, 0.3) is 0 Å². The highest BCUT2D eigenvalue weighted by Gasteiger charge is 2.07. The summed E-state index contributed by atoms with van der Waals surface area (Å²) in [5.74, 6) is 0.372. The van der Waals surface area contributed by atoms with Crippen LogP contribution < -0.4 is 5.32 Å². The maximum Gasteiger partial charge on any atom is 0.263 e. The highest BCUT2D eigenvalue weighted by molar-refractivity contribution is 7.13. The number of amides is 1. The van der Waals surface area contributed by atoms with Crippen molar-refractivity contribution in [3.63, 3.8) is 0 Å². The van der Waals surface area contributed by atoms with E-state index < -0.39 is 0 Å². The molecule has 0 spiro atoms. The van der Waals surface area contributed by atoms with E-state index in [4.69, 9.17) is 16.3 Å². The summed E-state index contributed by atoms with van der Waals surface area (Å²) in [6.07, 6.45) is 1.58. The molecule has 0 bridgehead atoms. The molecule has 0 atom stereocenters. The number of rotatable bonds is 6. The van der Waals surface area contributed by atoms with Crippen molar-refractivity contribution in [2.75, 3.05) is 25.6 Å². The Hall–Kier alpha value is -0.650. The van der Waals surface area contributed by atoms with Gasteiger partial charge in [0.25, 0.3) is 5.91 Å². The van der Waals surface area contributed by atoms with Gasteiger partial charge in [-0.25, -0.2) is 4.98 Å². The fraction of sp³-hybridized carbons (Fsp3) is 0.556. The van der Waals surface area contributed by atoms with E-state index in [1.54, 1.807) is 6.20 Å². The number of aryl methyl sites for hydroxylation is 1. The van der Waals surface area contributed by atoms with Gasteiger partial charge in [-0.1, -0.05) is 0 Å². The van der Waals surface area contributed by atoms with Crippen LogP contribution in [0.3, 0.4) is 0 Å². The van der Waals surface area contributed by atoms with Gasteiger partial charge in [0.05, 0.1) is 24.4 Å². The number of thiazole rings is 1. The van der Waals surface area contributed by atoms with Crippen LogP contribution in [-0.2, 0) is 4.74 Å². The summed E-state index contributed by atoms with van der Waals surface area (Å²) in [5.41, 5.74) is 0. The monoisotopic (exact) mass is 248 g/mol. The summed E-state index contributed by atoms with van der Waals surface area (Å²) >= 11 is 6.80. The van der Waals surface area contributed by atoms with Crippen molar-refractivity contribution in [1.82, 2.24) is 10.3 Å². The van der Waals surface area contributed by atoms with E-state index in [9.17, 15) is 4.79 Å². The molecule has 84 valence electrons. The molecule has 1 rings (SSSR count). The third kappa shape index (κ3) is 4.59. The number of carbonyl (C=O) groups excluding carboxylic acids is 1. The highest BCUT2D eigenvalue weighted by atomic mass is 35.5. The first-order chi connectivity index (χ1) is 7.24. The quantitative estimate of drug-likeness (QED) is 0.612. The molecule has 1 aromatic rings. The number of alkyl halides is 1. The maximum absolute atomic E-state index is 11.5. The second-order valence-electron chi connectivity index (χ2n) is 2.80. The molecule has 0 saturated heterocycles. The van der Waals surface area contributed by atoms with E-state index in [0.717, 1.165) is 5.01 Å². The number of nitrogens with zero attached hydrogens (tertiary/aromatic N) is 1. The second kappa shape index (κ2) is 6.76. The zero-order valence-electron chi connectivity index (χ0n) is 8.46. The van der Waals surface area contributed by atoms with Crippen molar-refractivity contribution >= 4 is 28.8 Å². The van der Waals surface area contributed by atoms with Gasteiger partial charge in [0.15, 0.2) is 0 Å². The van der Waals surface area contributed by atoms with Gasteiger partial charge in [0.2, 0.25) is 0 Å². The van der Waals surface area contributed by atoms with Crippen molar-refractivity contribution in [1.29, 1.82) is 0 Å². The molecule has 1 aromatic heterocycles. The Morgan fingerprint density at radius 2 is 2.47 bits per heavy atom. The second-order valence-corrected chi connectivity index (χ2v) is 4.41. The van der Waals surface area contributed by atoms with Crippen LogP contribution in [0.4, 0.5) is 0 Å². The SMILES string of the molecule is Cc1ncc(C(=O)NCCOCCCl)s1. The van der Waals surface area contributed by atoms with Crippen molar-refractivity contribution in [2.24, 2.45) is 0 Å². The van der Waals surface area contributed by atoms with Crippen molar-refractivity contribution in [3.8, 4) is 0 Å². The molecule has 0 radical (unpaired) electrons. The number of ether oxygens (including phenoxy) is 1. The molecule has 1 N–H and O–H groups in total. The number of hydrogen-bond donors (Lipinski definition) is 1. The van der Waals surface area contributed by atoms with Gasteiger partial charge in [-0.2, -0.15) is 0 Å². The number of nitrogens with one attached hydrogen (secondary N) is 1. The summed E-state index contributed by atoms with van der Waals surface area (Å²) < 4.78 is 5.12. The standard InChI is InChI=1S/C9H13ClN2O2S/c1-7-12-6-8(15-7)9(13)11-3-5-14-4-2-10/h6H,2-5H2,1H3,(H,11,13). The Kier molecular flexibility index (Phi) is 5.60. The highest BCUT2D eigenvalue weighted by Crippen LogP contribution is 2.10. The molecule has 6 heteroatoms. The Labute approximate surface area is 97.6 Å². The Bertz CT molecular complexity index is 317. The lowest BCUT2D eigenvalue weighted by Crippen LogP contribution is -2.26. The van der Waals surface area contributed by atoms with Crippen molar-refractivity contribution < 1.29 is 9.53 Å². The first-order valence-electron chi connectivity index (χ1n) is 4.58. The van der Waals surface area contributed by atoms with Crippen LogP contribution in [0.5, 0.6) is 0 Å². The molecule has 0 saturated carbocycles. The van der Waals surface area contributed by atoms with Gasteiger partial charge in [-0.15, -0.1) is 22.9 Å². The summed E-state index contributed by atoms with van der Waals surface area (Å²) in [6.45, 7) is 3.35. The van der Waals surface area contributed by atoms with Crippen LogP contribution >= 0.6 is 22.9 Å². The zero-order valence-corrected chi connectivity index (χ0v) is 10.0. The largest absolute Gasteiger partial charge is 0.378 e. The van der Waals surface area contributed by atoms with E-state index in [0.29, 0.717) is 30.5 Å². The summed E-state index contributed by atoms with van der Waals surface area (Å²) in [6, 6.07) is 0. The molecular weight excluding hydrogens is 236 g/mol. The summed E-state index contributed by atoms with van der Waals surface area (Å²) in [7, 11) is 0. The average molecular weight is 249 g/mol. The van der Waals surface area contributed by atoms with Crippen LogP contribution in [0.15, 0.2) is 6.20 Å². The lowest BCUT2D eigenvalue weighted by Gasteiger charge is -2.03. The minimum atomic E-state index is -0.102. The molecule has 1 heterocycles. The smallest absolute Gasteiger partial charge is 0.263 e. The van der Waals surface area contributed by atoms with E-state index in [1.165, 1.54) is 11.3 Å². The lowest BCUT2D eigenvalue weighted by atomic mass is 10.5. The zero-order chi connectivity index (χ0) is 11.1. The minimum absolute atomic E-state index is 0.102. The van der Waals surface area contributed by atoms with E-state index in [-0.39, 0.29) is 5.91 Å². The number of aromatic nitrogens is 1. The summed E-state index contributed by atoms with van der Waals surface area (Å²) in [5, 5.41) is 3.62. The van der Waals surface area contributed by atoms with Crippen molar-refractivity contribution in [3.05, 3.63) is 16.1 Å². The summed E-state index contributed by atoms with van der Waals surface area (Å²) in [4.78, 5) is 16.1. The van der Waals surface area contributed by atoms with Gasteiger partial charge in [-0.05, 0) is 6.92 Å². The topological polar surface area (TPSA) is 51.2 Å². The number of hydrogen-bond acceptors (Lipinski definition) is 4. The van der Waals surface area contributed by atoms with Crippen LogP contribution in [0, 0.1) is 6.92 Å². The van der Waals surface area contributed by atoms with Gasteiger partial charge in [0, 0.05) is 12.4 Å². The third-order valence-electron chi connectivity index (χ3n) is 1.60. The lowest BCUT2D eigenvalue weighted by molar-refractivity contribution is 0.0927. The third-order valence-corrected chi connectivity index (χ3v) is 2.66. The van der Waals surface area contributed by atoms with Crippen LogP contribution in [0.2, 0.25) is 0 Å². The number of halogens is 1. The Morgan fingerprint density at radius 3 is 3.07 bits per heavy atom. The number of carbonyl (C=O) groups is 1. The molecule has 15 heavy (non-hydrogen) atoms. The predicted molar refractivity (Wildman–Crippen MR) is 60.7 cm³/mol. The minimum Gasteiger partial charge on any atom is -0.378 e. The Morgan fingerprint density at radius 1 is 1.67 bits per heavy atom. The first kappa shape index (κ1) is 12.4. The molecule has 0 aliphatic carbocycles. The molecule has 0 fully saturated rings. The molecule has 0 aliphatic heterocycles. The van der Waals surface area contributed by atoms with Crippen LogP contribution in [-0.4, -0.2) is 36.5 Å². The molecule has 0 unspecified atom stereocenters. The van der Waals surface area contributed by atoms with Crippen molar-refractivity contribution in [2.45, 2.75) is 6.92 Å².